The molecule has 19 heavy (non-hydrogen) atoms. The molecule has 0 aliphatic carbocycles. The number of amides is 1. The van der Waals surface area contributed by atoms with Crippen molar-refractivity contribution in [2.75, 3.05) is 11.9 Å². The maximum absolute atomic E-state index is 12.4. The van der Waals surface area contributed by atoms with Crippen LogP contribution in [0.2, 0.25) is 0 Å². The lowest BCUT2D eigenvalue weighted by Gasteiger charge is -2.18. The number of para-hydroxylation sites is 1. The summed E-state index contributed by atoms with van der Waals surface area (Å²) in [5.41, 5.74) is 2.34. The summed E-state index contributed by atoms with van der Waals surface area (Å²) in [6.07, 6.45) is 0. The number of benzene rings is 1. The fraction of sp³-hybridized carbons (Fsp3) is 0.214. The Morgan fingerprint density at radius 1 is 1.42 bits per heavy atom. The molecule has 0 fully saturated rings. The predicted molar refractivity (Wildman–Crippen MR) is 71.8 cm³/mol. The van der Waals surface area contributed by atoms with E-state index in [1.54, 1.807) is 49.1 Å². The Morgan fingerprint density at radius 2 is 2.11 bits per heavy atom. The van der Waals surface area contributed by atoms with Gasteiger partial charge in [0.2, 0.25) is 0 Å². The highest BCUT2D eigenvalue weighted by atomic mass is 16.2. The van der Waals surface area contributed by atoms with Crippen LogP contribution in [0.1, 0.15) is 21.7 Å². The molecule has 0 saturated heterocycles. The van der Waals surface area contributed by atoms with Crippen molar-refractivity contribution in [1.82, 2.24) is 9.78 Å². The largest absolute Gasteiger partial charge is 0.309 e. The topological polar surface area (TPSA) is 61.9 Å². The number of rotatable bonds is 2. The van der Waals surface area contributed by atoms with E-state index >= 15 is 0 Å². The van der Waals surface area contributed by atoms with Gasteiger partial charge in [0, 0.05) is 14.1 Å². The van der Waals surface area contributed by atoms with Crippen molar-refractivity contribution in [1.29, 1.82) is 5.26 Å². The molecule has 5 nitrogen and oxygen atoms in total. The molecule has 1 heterocycles. The highest BCUT2D eigenvalue weighted by Crippen LogP contribution is 2.20. The second kappa shape index (κ2) is 4.94. The molecule has 0 saturated carbocycles. The zero-order valence-electron chi connectivity index (χ0n) is 11.1. The molecular formula is C14H14N4O. The Hall–Kier alpha value is -2.61. The van der Waals surface area contributed by atoms with Gasteiger partial charge in [0.05, 0.1) is 16.9 Å². The number of aryl methyl sites for hydroxylation is 2. The maximum Gasteiger partial charge on any atom is 0.276 e. The van der Waals surface area contributed by atoms with Crippen LogP contribution in [0.25, 0.3) is 0 Å². The number of anilines is 1. The summed E-state index contributed by atoms with van der Waals surface area (Å²) in [5, 5.41) is 13.2. The molecular weight excluding hydrogens is 240 g/mol. The Bertz CT molecular complexity index is 666. The minimum atomic E-state index is -0.189. The van der Waals surface area contributed by atoms with Crippen molar-refractivity contribution in [3.8, 4) is 6.07 Å². The lowest BCUT2D eigenvalue weighted by Crippen LogP contribution is -2.28. The molecule has 1 amide bonds. The van der Waals surface area contributed by atoms with Crippen LogP contribution in [0.5, 0.6) is 0 Å². The van der Waals surface area contributed by atoms with Gasteiger partial charge in [-0.3, -0.25) is 9.48 Å². The third-order valence-corrected chi connectivity index (χ3v) is 2.91. The molecule has 0 aliphatic rings. The van der Waals surface area contributed by atoms with Crippen LogP contribution in [0.15, 0.2) is 30.3 Å². The number of hydrogen-bond donors (Lipinski definition) is 0. The van der Waals surface area contributed by atoms with Crippen molar-refractivity contribution < 1.29 is 4.79 Å². The summed E-state index contributed by atoms with van der Waals surface area (Å²) in [6.45, 7) is 1.83. The normalized spacial score (nSPS) is 10.0. The molecule has 1 aromatic carbocycles. The molecule has 0 N–H and O–H groups in total. The molecule has 0 bridgehead atoms. The van der Waals surface area contributed by atoms with Crippen LogP contribution >= 0.6 is 0 Å². The second-order valence-electron chi connectivity index (χ2n) is 4.29. The fourth-order valence-electron chi connectivity index (χ4n) is 1.95. The van der Waals surface area contributed by atoms with Crippen LogP contribution < -0.4 is 4.90 Å². The molecule has 0 unspecified atom stereocenters. The smallest absolute Gasteiger partial charge is 0.276 e. The molecule has 1 aromatic heterocycles. The van der Waals surface area contributed by atoms with E-state index in [4.69, 9.17) is 5.26 Å². The average molecular weight is 254 g/mol. The standard InChI is InChI=1S/C14H14N4O/c1-10-8-13(18(3)16-10)14(19)17(2)12-7-5-4-6-11(12)9-15/h4-8H,1-3H3. The summed E-state index contributed by atoms with van der Waals surface area (Å²) in [7, 11) is 3.38. The third-order valence-electron chi connectivity index (χ3n) is 2.91. The Kier molecular flexibility index (Phi) is 3.34. The van der Waals surface area contributed by atoms with Crippen LogP contribution in [-0.2, 0) is 7.05 Å². The van der Waals surface area contributed by atoms with E-state index in [2.05, 4.69) is 11.2 Å². The fourth-order valence-corrected chi connectivity index (χ4v) is 1.95. The van der Waals surface area contributed by atoms with Crippen molar-refractivity contribution in [2.24, 2.45) is 7.05 Å². The van der Waals surface area contributed by atoms with E-state index in [1.807, 2.05) is 6.92 Å². The van der Waals surface area contributed by atoms with Gasteiger partial charge in [-0.2, -0.15) is 10.4 Å². The van der Waals surface area contributed by atoms with Gasteiger partial charge in [-0.15, -0.1) is 0 Å². The van der Waals surface area contributed by atoms with Crippen LogP contribution in [0.4, 0.5) is 5.69 Å². The van der Waals surface area contributed by atoms with E-state index < -0.39 is 0 Å². The van der Waals surface area contributed by atoms with Gasteiger partial charge in [0.15, 0.2) is 0 Å². The van der Waals surface area contributed by atoms with E-state index in [0.29, 0.717) is 16.9 Å². The quantitative estimate of drug-likeness (QED) is 0.822. The van der Waals surface area contributed by atoms with Crippen LogP contribution in [0, 0.1) is 18.3 Å². The van der Waals surface area contributed by atoms with Gasteiger partial charge in [-0.25, -0.2) is 0 Å². The molecule has 5 heteroatoms. The van der Waals surface area contributed by atoms with E-state index in [0.717, 1.165) is 5.69 Å². The zero-order valence-corrected chi connectivity index (χ0v) is 11.1. The molecule has 0 atom stereocenters. The lowest BCUT2D eigenvalue weighted by atomic mass is 10.1. The predicted octanol–water partition coefficient (Wildman–Crippen LogP) is 1.88. The summed E-state index contributed by atoms with van der Waals surface area (Å²) >= 11 is 0. The first kappa shape index (κ1) is 12.8. The van der Waals surface area contributed by atoms with Gasteiger partial charge in [0.1, 0.15) is 11.8 Å². The van der Waals surface area contributed by atoms with Gasteiger partial charge in [-0.05, 0) is 25.1 Å². The Morgan fingerprint density at radius 3 is 2.68 bits per heavy atom. The van der Waals surface area contributed by atoms with Gasteiger partial charge in [-0.1, -0.05) is 12.1 Å². The van der Waals surface area contributed by atoms with E-state index in [-0.39, 0.29) is 5.91 Å². The number of nitriles is 1. The van der Waals surface area contributed by atoms with Crippen molar-refractivity contribution in [3.05, 3.63) is 47.3 Å². The molecule has 2 aromatic rings. The molecule has 0 radical (unpaired) electrons. The molecule has 0 aliphatic heterocycles. The highest BCUT2D eigenvalue weighted by molar-refractivity contribution is 6.05. The summed E-state index contributed by atoms with van der Waals surface area (Å²) in [6, 6.07) is 10.8. The van der Waals surface area contributed by atoms with Crippen molar-refractivity contribution in [2.45, 2.75) is 6.92 Å². The SMILES string of the molecule is Cc1cc(C(=O)N(C)c2ccccc2C#N)n(C)n1. The van der Waals surface area contributed by atoms with Crippen LogP contribution in [-0.4, -0.2) is 22.7 Å². The van der Waals surface area contributed by atoms with Crippen molar-refractivity contribution in [3.63, 3.8) is 0 Å². The number of nitrogens with zero attached hydrogens (tertiary/aromatic N) is 4. The van der Waals surface area contributed by atoms with Gasteiger partial charge < -0.3 is 4.90 Å². The molecule has 2 rings (SSSR count). The lowest BCUT2D eigenvalue weighted by molar-refractivity contribution is 0.0984. The minimum Gasteiger partial charge on any atom is -0.309 e. The number of hydrogen-bond acceptors (Lipinski definition) is 3. The second-order valence-corrected chi connectivity index (χ2v) is 4.29. The molecule has 0 spiro atoms. The third kappa shape index (κ3) is 2.33. The van der Waals surface area contributed by atoms with Gasteiger partial charge in [0.25, 0.3) is 5.91 Å². The van der Waals surface area contributed by atoms with Gasteiger partial charge >= 0.3 is 0 Å². The van der Waals surface area contributed by atoms with Crippen molar-refractivity contribution >= 4 is 11.6 Å². The molecule has 96 valence electrons. The number of carbonyl (C=O) groups is 1. The van der Waals surface area contributed by atoms with Crippen LogP contribution in [0.3, 0.4) is 0 Å². The first-order valence-electron chi connectivity index (χ1n) is 5.82. The monoisotopic (exact) mass is 254 g/mol. The number of carbonyl (C=O) groups excluding carboxylic acids is 1. The van der Waals surface area contributed by atoms with E-state index in [1.165, 1.54) is 4.90 Å². The first-order chi connectivity index (χ1) is 9.04. The highest BCUT2D eigenvalue weighted by Gasteiger charge is 2.19. The first-order valence-corrected chi connectivity index (χ1v) is 5.82. The minimum absolute atomic E-state index is 0.189. The maximum atomic E-state index is 12.4. The summed E-state index contributed by atoms with van der Waals surface area (Å²) in [4.78, 5) is 13.9. The summed E-state index contributed by atoms with van der Waals surface area (Å²) < 4.78 is 1.54. The van der Waals surface area contributed by atoms with E-state index in [9.17, 15) is 4.79 Å². The Labute approximate surface area is 111 Å². The number of aromatic nitrogens is 2. The Balaban J connectivity index is 2.40. The zero-order chi connectivity index (χ0) is 14.0. The average Bonchev–Trinajstić information content (AvgIpc) is 2.76. The summed E-state index contributed by atoms with van der Waals surface area (Å²) in [5.74, 6) is -0.189.